The summed E-state index contributed by atoms with van der Waals surface area (Å²) in [7, 11) is 0. The van der Waals surface area contributed by atoms with Crippen molar-refractivity contribution in [1.82, 2.24) is 5.32 Å². The van der Waals surface area contributed by atoms with E-state index in [2.05, 4.69) is 12.2 Å². The van der Waals surface area contributed by atoms with Crippen LogP contribution in [0.25, 0.3) is 0 Å². The number of hydrogen-bond acceptors (Lipinski definition) is 2. The van der Waals surface area contributed by atoms with Crippen LogP contribution in [-0.4, -0.2) is 17.8 Å². The molecule has 1 saturated carbocycles. The van der Waals surface area contributed by atoms with E-state index in [1.165, 1.54) is 25.0 Å². The van der Waals surface area contributed by atoms with Crippen LogP contribution in [0.5, 0.6) is 0 Å². The normalized spacial score (nSPS) is 19.1. The van der Waals surface area contributed by atoms with Crippen molar-refractivity contribution in [1.29, 1.82) is 0 Å². The van der Waals surface area contributed by atoms with Crippen LogP contribution < -0.4 is 5.32 Å². The Morgan fingerprint density at radius 3 is 2.76 bits per heavy atom. The Morgan fingerprint density at radius 1 is 1.53 bits per heavy atom. The molecule has 0 amide bonds. The van der Waals surface area contributed by atoms with Gasteiger partial charge in [0.2, 0.25) is 0 Å². The average Bonchev–Trinajstić information content (AvgIpc) is 3.13. The molecule has 0 spiro atoms. The third-order valence-corrected chi connectivity index (χ3v) is 3.63. The molecule has 0 bridgehead atoms. The maximum absolute atomic E-state index is 13.3. The molecule has 1 aliphatic rings. The second kappa shape index (κ2) is 5.34. The van der Waals surface area contributed by atoms with E-state index in [-0.39, 0.29) is 17.7 Å². The summed E-state index contributed by atoms with van der Waals surface area (Å²) in [5.74, 6) is 0.254. The summed E-state index contributed by atoms with van der Waals surface area (Å²) in [6.07, 6.45) is 2.47. The minimum atomic E-state index is -0.441. The lowest BCUT2D eigenvalue weighted by molar-refractivity contribution is 0.231. The molecule has 2 rings (SSSR count). The van der Waals surface area contributed by atoms with Gasteiger partial charge < -0.3 is 10.4 Å². The lowest BCUT2D eigenvalue weighted by Crippen LogP contribution is -2.34. The zero-order chi connectivity index (χ0) is 12.4. The fourth-order valence-electron chi connectivity index (χ4n) is 2.03. The van der Waals surface area contributed by atoms with Gasteiger partial charge >= 0.3 is 0 Å². The van der Waals surface area contributed by atoms with Crippen molar-refractivity contribution in [2.24, 2.45) is 5.92 Å². The molecule has 1 aromatic rings. The molecule has 1 fully saturated rings. The second-order valence-corrected chi connectivity index (χ2v) is 5.11. The monoisotopic (exact) mass is 257 g/mol. The molecule has 4 heteroatoms. The van der Waals surface area contributed by atoms with Gasteiger partial charge in [-0.1, -0.05) is 17.7 Å². The number of halogens is 2. The fraction of sp³-hybridized carbons (Fsp3) is 0.538. The van der Waals surface area contributed by atoms with Crippen LogP contribution in [0.2, 0.25) is 5.02 Å². The Kier molecular flexibility index (Phi) is 4.02. The quantitative estimate of drug-likeness (QED) is 0.850. The molecule has 0 aromatic heterocycles. The van der Waals surface area contributed by atoms with Gasteiger partial charge in [0, 0.05) is 6.04 Å². The minimum absolute atomic E-state index is 0.0435. The molecule has 94 valence electrons. The largest absolute Gasteiger partial charge is 0.394 e. The Morgan fingerprint density at radius 2 is 2.24 bits per heavy atom. The highest BCUT2D eigenvalue weighted by Gasteiger charge is 2.29. The van der Waals surface area contributed by atoms with E-state index in [0.717, 1.165) is 5.56 Å². The SMILES string of the molecule is C[C@H](N[C@H](CO)c1ccc(Cl)c(F)c1)C1CC1. The molecule has 0 unspecified atom stereocenters. The Labute approximate surface area is 106 Å². The van der Waals surface area contributed by atoms with Gasteiger partial charge in [0.05, 0.1) is 17.7 Å². The summed E-state index contributed by atoms with van der Waals surface area (Å²) in [5, 5.41) is 12.8. The van der Waals surface area contributed by atoms with Gasteiger partial charge in [0.15, 0.2) is 0 Å². The maximum atomic E-state index is 13.3. The van der Waals surface area contributed by atoms with Gasteiger partial charge in [-0.15, -0.1) is 0 Å². The van der Waals surface area contributed by atoms with E-state index in [1.54, 1.807) is 6.07 Å². The molecule has 1 aliphatic carbocycles. The Balaban J connectivity index is 2.07. The van der Waals surface area contributed by atoms with Crippen LogP contribution in [0.15, 0.2) is 18.2 Å². The van der Waals surface area contributed by atoms with Crippen LogP contribution in [0.1, 0.15) is 31.4 Å². The van der Waals surface area contributed by atoms with Crippen LogP contribution >= 0.6 is 11.6 Å². The summed E-state index contributed by atoms with van der Waals surface area (Å²) in [4.78, 5) is 0. The summed E-state index contributed by atoms with van der Waals surface area (Å²) in [5.41, 5.74) is 0.738. The number of rotatable bonds is 5. The summed E-state index contributed by atoms with van der Waals surface area (Å²) in [6.45, 7) is 2.06. The Hall–Kier alpha value is -0.640. The second-order valence-electron chi connectivity index (χ2n) is 4.70. The zero-order valence-electron chi connectivity index (χ0n) is 9.79. The molecular formula is C13H17ClFNO. The van der Waals surface area contributed by atoms with E-state index in [0.29, 0.717) is 12.0 Å². The fourth-order valence-corrected chi connectivity index (χ4v) is 2.15. The highest BCUT2D eigenvalue weighted by molar-refractivity contribution is 6.30. The number of aliphatic hydroxyl groups excluding tert-OH is 1. The van der Waals surface area contributed by atoms with Crippen molar-refractivity contribution in [3.63, 3.8) is 0 Å². The van der Waals surface area contributed by atoms with Gasteiger partial charge in [0.1, 0.15) is 5.82 Å². The molecular weight excluding hydrogens is 241 g/mol. The molecule has 0 heterocycles. The molecule has 2 N–H and O–H groups in total. The highest BCUT2D eigenvalue weighted by atomic mass is 35.5. The van der Waals surface area contributed by atoms with Crippen molar-refractivity contribution in [3.8, 4) is 0 Å². The summed E-state index contributed by atoms with van der Waals surface area (Å²) < 4.78 is 13.3. The number of benzene rings is 1. The molecule has 0 aliphatic heterocycles. The van der Waals surface area contributed by atoms with Crippen LogP contribution in [0.3, 0.4) is 0 Å². The van der Waals surface area contributed by atoms with Crippen molar-refractivity contribution in [2.45, 2.75) is 31.8 Å². The number of aliphatic hydroxyl groups is 1. The van der Waals surface area contributed by atoms with E-state index >= 15 is 0 Å². The van der Waals surface area contributed by atoms with Gasteiger partial charge in [-0.2, -0.15) is 0 Å². The maximum Gasteiger partial charge on any atom is 0.142 e. The molecule has 0 saturated heterocycles. The van der Waals surface area contributed by atoms with Crippen LogP contribution in [0.4, 0.5) is 4.39 Å². The number of nitrogens with one attached hydrogen (secondary N) is 1. The summed E-state index contributed by atoms with van der Waals surface area (Å²) >= 11 is 5.64. The highest BCUT2D eigenvalue weighted by Crippen LogP contribution is 2.33. The predicted molar refractivity (Wildman–Crippen MR) is 66.6 cm³/mol. The number of hydrogen-bond donors (Lipinski definition) is 2. The standard InChI is InChI=1S/C13H17ClFNO/c1-8(9-2-3-9)16-13(7-17)10-4-5-11(14)12(15)6-10/h4-6,8-9,13,16-17H,2-3,7H2,1H3/t8-,13+/m0/s1. The molecule has 2 atom stereocenters. The van der Waals surface area contributed by atoms with Gasteiger partial charge in [-0.3, -0.25) is 0 Å². The summed E-state index contributed by atoms with van der Waals surface area (Å²) in [6, 6.07) is 4.79. The van der Waals surface area contributed by atoms with Crippen molar-refractivity contribution in [3.05, 3.63) is 34.6 Å². The lowest BCUT2D eigenvalue weighted by atomic mass is 10.1. The molecule has 0 radical (unpaired) electrons. The van der Waals surface area contributed by atoms with E-state index < -0.39 is 5.82 Å². The molecule has 1 aromatic carbocycles. The first-order chi connectivity index (χ1) is 8.11. The first kappa shape index (κ1) is 12.8. The van der Waals surface area contributed by atoms with Gasteiger partial charge in [-0.25, -0.2) is 4.39 Å². The predicted octanol–water partition coefficient (Wildman–Crippen LogP) is 2.90. The molecule has 17 heavy (non-hydrogen) atoms. The lowest BCUT2D eigenvalue weighted by Gasteiger charge is -2.22. The van der Waals surface area contributed by atoms with Gasteiger partial charge in [-0.05, 0) is 43.4 Å². The molecule has 2 nitrogen and oxygen atoms in total. The third kappa shape index (κ3) is 3.18. The van der Waals surface area contributed by atoms with E-state index in [1.807, 2.05) is 0 Å². The zero-order valence-corrected chi connectivity index (χ0v) is 10.5. The van der Waals surface area contributed by atoms with Crippen molar-refractivity contribution in [2.75, 3.05) is 6.61 Å². The van der Waals surface area contributed by atoms with Crippen molar-refractivity contribution < 1.29 is 9.50 Å². The topological polar surface area (TPSA) is 32.3 Å². The first-order valence-corrected chi connectivity index (χ1v) is 6.31. The minimum Gasteiger partial charge on any atom is -0.394 e. The van der Waals surface area contributed by atoms with E-state index in [4.69, 9.17) is 11.6 Å². The van der Waals surface area contributed by atoms with Crippen molar-refractivity contribution >= 4 is 11.6 Å². The van der Waals surface area contributed by atoms with Gasteiger partial charge in [0.25, 0.3) is 0 Å². The van der Waals surface area contributed by atoms with Crippen LogP contribution in [0, 0.1) is 11.7 Å². The third-order valence-electron chi connectivity index (χ3n) is 3.32. The van der Waals surface area contributed by atoms with Crippen LogP contribution in [-0.2, 0) is 0 Å². The average molecular weight is 258 g/mol. The first-order valence-electron chi connectivity index (χ1n) is 5.93. The smallest absolute Gasteiger partial charge is 0.142 e. The Bertz CT molecular complexity index is 395. The van der Waals surface area contributed by atoms with E-state index in [9.17, 15) is 9.50 Å².